The van der Waals surface area contributed by atoms with Crippen LogP contribution in [0.3, 0.4) is 0 Å². The summed E-state index contributed by atoms with van der Waals surface area (Å²) in [5.41, 5.74) is 5.38. The Hall–Kier alpha value is -1.82. The number of nitrogens with two attached hydrogens (primary N) is 1. The Balaban J connectivity index is 1.82. The van der Waals surface area contributed by atoms with E-state index < -0.39 is 0 Å². The first-order valence-corrected chi connectivity index (χ1v) is 6.05. The molecule has 6 nitrogen and oxygen atoms in total. The molecule has 0 unspecified atom stereocenters. The molecule has 0 aliphatic carbocycles. The molecule has 0 spiro atoms. The van der Waals surface area contributed by atoms with Crippen LogP contribution in [0.4, 0.5) is 0 Å². The van der Waals surface area contributed by atoms with Crippen LogP contribution >= 0.6 is 0 Å². The van der Waals surface area contributed by atoms with E-state index in [1.54, 1.807) is 17.0 Å². The number of nitrogens with one attached hydrogen (secondary N) is 1. The van der Waals surface area contributed by atoms with Crippen LogP contribution in [0.2, 0.25) is 0 Å². The van der Waals surface area contributed by atoms with E-state index in [-0.39, 0.29) is 30.7 Å². The monoisotopic (exact) mass is 251 g/mol. The summed E-state index contributed by atoms with van der Waals surface area (Å²) in [4.78, 5) is 25.1. The third-order valence-electron chi connectivity index (χ3n) is 2.95. The molecule has 2 amide bonds. The number of furan rings is 1. The highest BCUT2D eigenvalue weighted by Gasteiger charge is 2.19. The van der Waals surface area contributed by atoms with Crippen molar-refractivity contribution in [2.24, 2.45) is 5.73 Å². The van der Waals surface area contributed by atoms with Crippen molar-refractivity contribution in [1.29, 1.82) is 0 Å². The van der Waals surface area contributed by atoms with Crippen molar-refractivity contribution in [2.75, 3.05) is 19.6 Å². The third-order valence-corrected chi connectivity index (χ3v) is 2.95. The van der Waals surface area contributed by atoms with Crippen molar-refractivity contribution in [3.8, 4) is 0 Å². The van der Waals surface area contributed by atoms with E-state index in [4.69, 9.17) is 10.2 Å². The van der Waals surface area contributed by atoms with Crippen LogP contribution in [0.5, 0.6) is 0 Å². The first-order valence-electron chi connectivity index (χ1n) is 6.05. The summed E-state index contributed by atoms with van der Waals surface area (Å²) in [6.07, 6.45) is 2.08. The zero-order valence-corrected chi connectivity index (χ0v) is 10.1. The zero-order chi connectivity index (χ0) is 13.0. The predicted octanol–water partition coefficient (Wildman–Crippen LogP) is 0.0905. The average molecular weight is 251 g/mol. The summed E-state index contributed by atoms with van der Waals surface area (Å²) in [6.45, 7) is 1.83. The molecule has 98 valence electrons. The highest BCUT2D eigenvalue weighted by atomic mass is 16.4. The molecule has 0 saturated carbocycles. The molecule has 1 aliphatic rings. The third kappa shape index (κ3) is 2.89. The van der Waals surface area contributed by atoms with Gasteiger partial charge in [0.15, 0.2) is 5.76 Å². The highest BCUT2D eigenvalue weighted by molar-refractivity contribution is 5.94. The number of hydrogen-bond donors (Lipinski definition) is 2. The van der Waals surface area contributed by atoms with Crippen molar-refractivity contribution in [2.45, 2.75) is 19.4 Å². The van der Waals surface area contributed by atoms with Crippen LogP contribution < -0.4 is 11.1 Å². The SMILES string of the molecule is NCc1ccc(C(=O)NCC(=O)N2CCCC2)o1. The van der Waals surface area contributed by atoms with Gasteiger partial charge in [-0.2, -0.15) is 0 Å². The standard InChI is InChI=1S/C12H17N3O3/c13-7-9-3-4-10(18-9)12(17)14-8-11(16)15-5-1-2-6-15/h3-4H,1-2,5-8,13H2,(H,14,17). The number of nitrogens with zero attached hydrogens (tertiary/aromatic N) is 1. The maximum Gasteiger partial charge on any atom is 0.287 e. The summed E-state index contributed by atoms with van der Waals surface area (Å²) in [5, 5.41) is 2.55. The molecule has 18 heavy (non-hydrogen) atoms. The molecule has 0 bridgehead atoms. The molecule has 6 heteroatoms. The topological polar surface area (TPSA) is 88.6 Å². The smallest absolute Gasteiger partial charge is 0.287 e. The number of carbonyl (C=O) groups excluding carboxylic acids is 2. The minimum absolute atomic E-state index is 0.0114. The van der Waals surface area contributed by atoms with Crippen molar-refractivity contribution in [1.82, 2.24) is 10.2 Å². The molecule has 0 atom stereocenters. The summed E-state index contributed by atoms with van der Waals surface area (Å²) in [5.74, 6) is 0.296. The Morgan fingerprint density at radius 1 is 1.33 bits per heavy atom. The Morgan fingerprint density at radius 2 is 2.06 bits per heavy atom. The molecule has 1 aliphatic heterocycles. The van der Waals surface area contributed by atoms with Gasteiger partial charge in [-0.3, -0.25) is 9.59 Å². The van der Waals surface area contributed by atoms with E-state index in [0.29, 0.717) is 5.76 Å². The summed E-state index contributed by atoms with van der Waals surface area (Å²) in [6, 6.07) is 3.20. The first-order chi connectivity index (χ1) is 8.70. The quantitative estimate of drug-likeness (QED) is 0.793. The van der Waals surface area contributed by atoms with Crippen LogP contribution in [0.15, 0.2) is 16.5 Å². The summed E-state index contributed by atoms with van der Waals surface area (Å²) >= 11 is 0. The average Bonchev–Trinajstić information content (AvgIpc) is 3.05. The van der Waals surface area contributed by atoms with Crippen molar-refractivity contribution in [3.05, 3.63) is 23.7 Å². The number of likely N-dealkylation sites (tertiary alicyclic amines) is 1. The Bertz CT molecular complexity index is 436. The zero-order valence-electron chi connectivity index (χ0n) is 10.1. The van der Waals surface area contributed by atoms with Gasteiger partial charge in [0, 0.05) is 13.1 Å². The Labute approximate surface area is 105 Å². The highest BCUT2D eigenvalue weighted by Crippen LogP contribution is 2.08. The second kappa shape index (κ2) is 5.68. The lowest BCUT2D eigenvalue weighted by atomic mass is 10.4. The summed E-state index contributed by atoms with van der Waals surface area (Å²) in [7, 11) is 0. The maximum atomic E-state index is 11.7. The van der Waals surface area contributed by atoms with Gasteiger partial charge in [0.05, 0.1) is 13.1 Å². The van der Waals surface area contributed by atoms with E-state index >= 15 is 0 Å². The molecular formula is C12H17N3O3. The lowest BCUT2D eigenvalue weighted by Crippen LogP contribution is -2.38. The van der Waals surface area contributed by atoms with Crippen LogP contribution in [0, 0.1) is 0 Å². The normalized spacial score (nSPS) is 14.8. The van der Waals surface area contributed by atoms with Gasteiger partial charge in [-0.25, -0.2) is 0 Å². The van der Waals surface area contributed by atoms with Crippen LogP contribution in [0.1, 0.15) is 29.2 Å². The fourth-order valence-electron chi connectivity index (χ4n) is 1.93. The molecule has 0 aromatic carbocycles. The maximum absolute atomic E-state index is 11.7. The van der Waals surface area contributed by atoms with E-state index in [0.717, 1.165) is 25.9 Å². The van der Waals surface area contributed by atoms with Gasteiger partial charge < -0.3 is 20.4 Å². The number of rotatable bonds is 4. The largest absolute Gasteiger partial charge is 0.455 e. The van der Waals surface area contributed by atoms with E-state index in [9.17, 15) is 9.59 Å². The van der Waals surface area contributed by atoms with Gasteiger partial charge in [0.2, 0.25) is 5.91 Å². The molecule has 1 aromatic rings. The van der Waals surface area contributed by atoms with E-state index in [1.807, 2.05) is 0 Å². The van der Waals surface area contributed by atoms with Crippen molar-refractivity contribution >= 4 is 11.8 Å². The molecule has 1 fully saturated rings. The molecular weight excluding hydrogens is 234 g/mol. The Kier molecular flexibility index (Phi) is 3.99. The van der Waals surface area contributed by atoms with E-state index in [1.165, 1.54) is 0 Å². The van der Waals surface area contributed by atoms with Gasteiger partial charge in [-0.1, -0.05) is 0 Å². The number of amides is 2. The second-order valence-corrected chi connectivity index (χ2v) is 4.24. The van der Waals surface area contributed by atoms with Crippen molar-refractivity contribution in [3.63, 3.8) is 0 Å². The molecule has 1 saturated heterocycles. The van der Waals surface area contributed by atoms with Crippen LogP contribution in [0.25, 0.3) is 0 Å². The lowest BCUT2D eigenvalue weighted by Gasteiger charge is -2.14. The molecule has 1 aromatic heterocycles. The van der Waals surface area contributed by atoms with Crippen LogP contribution in [-0.2, 0) is 11.3 Å². The van der Waals surface area contributed by atoms with E-state index in [2.05, 4.69) is 5.32 Å². The minimum atomic E-state index is -0.387. The lowest BCUT2D eigenvalue weighted by molar-refractivity contribution is -0.129. The van der Waals surface area contributed by atoms with Gasteiger partial charge in [0.1, 0.15) is 5.76 Å². The summed E-state index contributed by atoms with van der Waals surface area (Å²) < 4.78 is 5.19. The predicted molar refractivity (Wildman–Crippen MR) is 64.7 cm³/mol. The number of carbonyl (C=O) groups is 2. The van der Waals surface area contributed by atoms with Gasteiger partial charge in [-0.05, 0) is 25.0 Å². The minimum Gasteiger partial charge on any atom is -0.455 e. The van der Waals surface area contributed by atoms with Gasteiger partial charge in [-0.15, -0.1) is 0 Å². The van der Waals surface area contributed by atoms with Gasteiger partial charge in [0.25, 0.3) is 5.91 Å². The molecule has 0 radical (unpaired) electrons. The molecule has 2 rings (SSSR count). The van der Waals surface area contributed by atoms with Crippen molar-refractivity contribution < 1.29 is 14.0 Å². The second-order valence-electron chi connectivity index (χ2n) is 4.24. The number of hydrogen-bond acceptors (Lipinski definition) is 4. The first kappa shape index (κ1) is 12.6. The molecule has 3 N–H and O–H groups in total. The molecule has 2 heterocycles. The van der Waals surface area contributed by atoms with Crippen LogP contribution in [-0.4, -0.2) is 36.3 Å². The van der Waals surface area contributed by atoms with Gasteiger partial charge >= 0.3 is 0 Å². The Morgan fingerprint density at radius 3 is 2.67 bits per heavy atom. The fourth-order valence-corrected chi connectivity index (χ4v) is 1.93. The fraction of sp³-hybridized carbons (Fsp3) is 0.500.